The summed E-state index contributed by atoms with van der Waals surface area (Å²) in [5, 5.41) is 1.36. The summed E-state index contributed by atoms with van der Waals surface area (Å²) in [4.78, 5) is 0.000556. The number of aryl methyl sites for hydroxylation is 1. The van der Waals surface area contributed by atoms with E-state index >= 15 is 0 Å². The minimum absolute atomic E-state index is 0. The number of hydrogen-bond acceptors (Lipinski definition) is 2. The molecule has 0 spiro atoms. The van der Waals surface area contributed by atoms with E-state index in [1.54, 1.807) is 25.1 Å². The fourth-order valence-corrected chi connectivity index (χ4v) is 2.63. The van der Waals surface area contributed by atoms with Crippen molar-refractivity contribution in [2.24, 2.45) is 0 Å². The second kappa shape index (κ2) is 4.85. The van der Waals surface area contributed by atoms with E-state index in [2.05, 4.69) is 0 Å². The van der Waals surface area contributed by atoms with Crippen LogP contribution in [-0.2, 0) is 10.1 Å². The summed E-state index contributed by atoms with van der Waals surface area (Å²) in [6.45, 7) is 1.66. The molecule has 80 valence electrons. The molecule has 0 aliphatic heterocycles. The summed E-state index contributed by atoms with van der Waals surface area (Å²) in [6, 6.07) is 10.6. The van der Waals surface area contributed by atoms with Crippen molar-refractivity contribution in [3.63, 3.8) is 0 Å². The predicted octanol–water partition coefficient (Wildman–Crippen LogP) is -0.489. The molecule has 1 N–H and O–H groups in total. The number of hydrogen-bond donors (Lipinski definition) is 1. The zero-order chi connectivity index (χ0) is 11.1. The molecule has 5 heteroatoms. The fraction of sp³-hybridized carbons (Fsp3) is 0.0909. The molecular formula is C11H11NaO3S. The van der Waals surface area contributed by atoms with Gasteiger partial charge in [0.1, 0.15) is 4.90 Å². The third-order valence-corrected chi connectivity index (χ3v) is 3.39. The average molecular weight is 246 g/mol. The number of rotatable bonds is 1. The van der Waals surface area contributed by atoms with Gasteiger partial charge < -0.3 is 1.43 Å². The third-order valence-electron chi connectivity index (χ3n) is 2.33. The summed E-state index contributed by atoms with van der Waals surface area (Å²) < 4.78 is 31.6. The Morgan fingerprint density at radius 1 is 1.12 bits per heavy atom. The molecule has 0 aliphatic carbocycles. The van der Waals surface area contributed by atoms with E-state index in [1.807, 2.05) is 18.2 Å². The first kappa shape index (κ1) is 13.7. The molecule has 0 radical (unpaired) electrons. The van der Waals surface area contributed by atoms with Crippen LogP contribution >= 0.6 is 0 Å². The van der Waals surface area contributed by atoms with Crippen molar-refractivity contribution in [3.05, 3.63) is 42.0 Å². The molecule has 2 aromatic carbocycles. The quantitative estimate of drug-likeness (QED) is 0.546. The molecule has 0 unspecified atom stereocenters. The van der Waals surface area contributed by atoms with Gasteiger partial charge in [0.15, 0.2) is 0 Å². The Morgan fingerprint density at radius 3 is 2.38 bits per heavy atom. The van der Waals surface area contributed by atoms with E-state index in [-0.39, 0.29) is 35.9 Å². The van der Waals surface area contributed by atoms with Crippen molar-refractivity contribution in [1.29, 1.82) is 0 Å². The molecule has 0 fully saturated rings. The van der Waals surface area contributed by atoms with Crippen LogP contribution in [0.4, 0.5) is 0 Å². The SMILES string of the molecule is Cc1ccc2ccccc2c1S(=O)(=O)O.[H-].[Na+]. The first-order valence-electron chi connectivity index (χ1n) is 4.46. The minimum atomic E-state index is -4.16. The fourth-order valence-electron chi connectivity index (χ4n) is 1.69. The maximum absolute atomic E-state index is 11.2. The normalized spacial score (nSPS) is 11.1. The van der Waals surface area contributed by atoms with Crippen LogP contribution in [0, 0.1) is 6.92 Å². The van der Waals surface area contributed by atoms with E-state index in [0.29, 0.717) is 10.9 Å². The van der Waals surface area contributed by atoms with Crippen LogP contribution in [0.1, 0.15) is 6.99 Å². The molecule has 0 aliphatic rings. The zero-order valence-electron chi connectivity index (χ0n) is 10.1. The van der Waals surface area contributed by atoms with Gasteiger partial charge in [-0.3, -0.25) is 4.55 Å². The summed E-state index contributed by atoms with van der Waals surface area (Å²) in [6.07, 6.45) is 0. The molecule has 0 atom stereocenters. The Bertz CT molecular complexity index is 626. The van der Waals surface area contributed by atoms with Crippen LogP contribution in [0.15, 0.2) is 41.3 Å². The van der Waals surface area contributed by atoms with E-state index in [4.69, 9.17) is 4.55 Å². The van der Waals surface area contributed by atoms with Crippen LogP contribution in [0.25, 0.3) is 10.8 Å². The Hall–Kier alpha value is -0.390. The minimum Gasteiger partial charge on any atom is -1.00 e. The van der Waals surface area contributed by atoms with Crippen molar-refractivity contribution in [3.8, 4) is 0 Å². The van der Waals surface area contributed by atoms with Gasteiger partial charge in [-0.15, -0.1) is 0 Å². The summed E-state index contributed by atoms with van der Waals surface area (Å²) in [5.41, 5.74) is 0.552. The molecule has 0 saturated carbocycles. The van der Waals surface area contributed by atoms with Gasteiger partial charge in [0, 0.05) is 5.39 Å². The smallest absolute Gasteiger partial charge is 1.00 e. The summed E-state index contributed by atoms with van der Waals surface area (Å²) in [7, 11) is -4.16. The molecule has 0 amide bonds. The van der Waals surface area contributed by atoms with Crippen LogP contribution in [0.3, 0.4) is 0 Å². The largest absolute Gasteiger partial charge is 1.00 e. The van der Waals surface area contributed by atoms with E-state index < -0.39 is 10.1 Å². The average Bonchev–Trinajstić information content (AvgIpc) is 2.15. The first-order valence-corrected chi connectivity index (χ1v) is 5.90. The maximum Gasteiger partial charge on any atom is 1.00 e. The second-order valence-electron chi connectivity index (χ2n) is 3.41. The van der Waals surface area contributed by atoms with E-state index in [0.717, 1.165) is 5.39 Å². The standard InChI is InChI=1S/C11H10O3S.Na.H/c1-8-6-7-9-4-2-3-5-10(9)11(8)15(12,13)14;;/h2-7H,1H3,(H,12,13,14);;/q;+1;-1. The van der Waals surface area contributed by atoms with Gasteiger partial charge in [0.2, 0.25) is 0 Å². The van der Waals surface area contributed by atoms with Crippen LogP contribution < -0.4 is 29.6 Å². The number of fused-ring (bicyclic) bond motifs is 1. The van der Waals surface area contributed by atoms with E-state index in [1.165, 1.54) is 0 Å². The molecular weight excluding hydrogens is 235 g/mol. The molecule has 0 saturated heterocycles. The molecule has 16 heavy (non-hydrogen) atoms. The van der Waals surface area contributed by atoms with Crippen molar-refractivity contribution >= 4 is 20.9 Å². The van der Waals surface area contributed by atoms with Crippen LogP contribution in [0.2, 0.25) is 0 Å². The van der Waals surface area contributed by atoms with Gasteiger partial charge in [-0.25, -0.2) is 0 Å². The molecule has 0 bridgehead atoms. The van der Waals surface area contributed by atoms with Gasteiger partial charge in [-0.1, -0.05) is 36.4 Å². The topological polar surface area (TPSA) is 54.4 Å². The van der Waals surface area contributed by atoms with Crippen molar-refractivity contribution in [1.82, 2.24) is 0 Å². The number of benzene rings is 2. The van der Waals surface area contributed by atoms with E-state index in [9.17, 15) is 8.42 Å². The van der Waals surface area contributed by atoms with Gasteiger partial charge in [-0.2, -0.15) is 8.42 Å². The molecule has 3 nitrogen and oxygen atoms in total. The zero-order valence-corrected chi connectivity index (χ0v) is 12.0. The summed E-state index contributed by atoms with van der Waals surface area (Å²) >= 11 is 0. The van der Waals surface area contributed by atoms with Gasteiger partial charge in [-0.05, 0) is 17.9 Å². The molecule has 2 aromatic rings. The molecule has 2 rings (SSSR count). The van der Waals surface area contributed by atoms with Crippen LogP contribution in [-0.4, -0.2) is 13.0 Å². The Labute approximate surface area is 118 Å². The predicted molar refractivity (Wildman–Crippen MR) is 59.6 cm³/mol. The van der Waals surface area contributed by atoms with Gasteiger partial charge >= 0.3 is 29.6 Å². The Morgan fingerprint density at radius 2 is 1.75 bits per heavy atom. The van der Waals surface area contributed by atoms with Crippen LogP contribution in [0.5, 0.6) is 0 Å². The first-order chi connectivity index (χ1) is 7.00. The Kier molecular flexibility index (Phi) is 4.15. The molecule has 0 aromatic heterocycles. The second-order valence-corrected chi connectivity index (χ2v) is 4.77. The van der Waals surface area contributed by atoms with Crippen molar-refractivity contribution in [2.45, 2.75) is 11.8 Å². The van der Waals surface area contributed by atoms with Gasteiger partial charge in [0.05, 0.1) is 0 Å². The van der Waals surface area contributed by atoms with Crippen molar-refractivity contribution < 1.29 is 44.0 Å². The Balaban J connectivity index is 0.00000128. The van der Waals surface area contributed by atoms with Gasteiger partial charge in [0.25, 0.3) is 10.1 Å². The molecule has 0 heterocycles. The maximum atomic E-state index is 11.2. The third kappa shape index (κ3) is 2.47. The summed E-state index contributed by atoms with van der Waals surface area (Å²) in [5.74, 6) is 0. The monoisotopic (exact) mass is 246 g/mol. The van der Waals surface area contributed by atoms with Crippen molar-refractivity contribution in [2.75, 3.05) is 0 Å².